The van der Waals surface area contributed by atoms with Gasteiger partial charge in [0.05, 0.1) is 13.5 Å². The fourth-order valence-corrected chi connectivity index (χ4v) is 2.06. The second kappa shape index (κ2) is 5.80. The zero-order valence-electron chi connectivity index (χ0n) is 9.25. The van der Waals surface area contributed by atoms with Crippen molar-refractivity contribution in [3.63, 3.8) is 0 Å². The number of ether oxygens (including phenoxy) is 1. The summed E-state index contributed by atoms with van der Waals surface area (Å²) in [6.07, 6.45) is 0.536. The number of methoxy groups -OCH3 is 1. The van der Waals surface area contributed by atoms with Crippen LogP contribution in [0.2, 0.25) is 0 Å². The number of carbonyl (C=O) groups is 2. The quantitative estimate of drug-likeness (QED) is 0.631. The van der Waals surface area contributed by atoms with Crippen LogP contribution in [0, 0.1) is 0 Å². The second-order valence-electron chi connectivity index (χ2n) is 3.30. The van der Waals surface area contributed by atoms with E-state index in [1.54, 1.807) is 25.1 Å². The summed E-state index contributed by atoms with van der Waals surface area (Å²) in [5.41, 5.74) is 1.28. The molecule has 0 saturated heterocycles. The van der Waals surface area contributed by atoms with Crippen LogP contribution in [0.3, 0.4) is 0 Å². The Morgan fingerprint density at radius 2 is 2.06 bits per heavy atom. The molecule has 0 atom stereocenters. The van der Waals surface area contributed by atoms with Gasteiger partial charge in [-0.15, -0.1) is 0 Å². The van der Waals surface area contributed by atoms with Crippen LogP contribution in [0.1, 0.15) is 29.3 Å². The maximum absolute atomic E-state index is 11.7. The van der Waals surface area contributed by atoms with Gasteiger partial charge in [0.1, 0.15) is 0 Å². The highest BCUT2D eigenvalue weighted by atomic mass is 79.9. The molecule has 86 valence electrons. The number of halogens is 1. The van der Waals surface area contributed by atoms with Gasteiger partial charge in [0, 0.05) is 16.5 Å². The van der Waals surface area contributed by atoms with Gasteiger partial charge in [0.25, 0.3) is 0 Å². The van der Waals surface area contributed by atoms with Crippen molar-refractivity contribution >= 4 is 27.7 Å². The van der Waals surface area contributed by atoms with Crippen LogP contribution >= 0.6 is 15.9 Å². The number of carbonyl (C=O) groups excluding carboxylic acids is 2. The van der Waals surface area contributed by atoms with Crippen LogP contribution < -0.4 is 0 Å². The van der Waals surface area contributed by atoms with E-state index >= 15 is 0 Å². The third-order valence-electron chi connectivity index (χ3n) is 2.26. The highest BCUT2D eigenvalue weighted by molar-refractivity contribution is 9.10. The molecule has 0 radical (unpaired) electrons. The second-order valence-corrected chi connectivity index (χ2v) is 4.16. The summed E-state index contributed by atoms with van der Waals surface area (Å²) in [6.45, 7) is 1.80. The minimum absolute atomic E-state index is 0.0198. The maximum atomic E-state index is 11.7. The van der Waals surface area contributed by atoms with E-state index in [0.717, 1.165) is 4.47 Å². The number of benzene rings is 1. The average Bonchev–Trinajstić information content (AvgIpc) is 2.28. The largest absolute Gasteiger partial charge is 0.469 e. The van der Waals surface area contributed by atoms with Crippen LogP contribution in [0.5, 0.6) is 0 Å². The molecular formula is C12H13BrO3. The van der Waals surface area contributed by atoms with E-state index in [0.29, 0.717) is 17.5 Å². The fourth-order valence-electron chi connectivity index (χ4n) is 1.43. The van der Waals surface area contributed by atoms with Gasteiger partial charge in [0.2, 0.25) is 0 Å². The van der Waals surface area contributed by atoms with Crippen molar-refractivity contribution < 1.29 is 14.3 Å². The van der Waals surface area contributed by atoms with Gasteiger partial charge < -0.3 is 4.74 Å². The monoisotopic (exact) mass is 284 g/mol. The fraction of sp³-hybridized carbons (Fsp3) is 0.333. The molecule has 0 saturated carbocycles. The summed E-state index contributed by atoms with van der Waals surface area (Å²) in [6, 6.07) is 5.36. The molecule has 0 unspecified atom stereocenters. The molecule has 0 N–H and O–H groups in total. The molecule has 0 spiro atoms. The third kappa shape index (κ3) is 2.92. The lowest BCUT2D eigenvalue weighted by Crippen LogP contribution is -2.10. The van der Waals surface area contributed by atoms with Gasteiger partial charge >= 0.3 is 5.97 Å². The van der Waals surface area contributed by atoms with E-state index in [2.05, 4.69) is 20.7 Å². The molecule has 3 nitrogen and oxygen atoms in total. The summed E-state index contributed by atoms with van der Waals surface area (Å²) in [5, 5.41) is 0. The molecule has 1 rings (SSSR count). The lowest BCUT2D eigenvalue weighted by molar-refractivity contribution is -0.139. The Balaban J connectivity index is 3.12. The van der Waals surface area contributed by atoms with Crippen LogP contribution in [-0.4, -0.2) is 18.9 Å². The Labute approximate surface area is 103 Å². The summed E-state index contributed by atoms with van der Waals surface area (Å²) >= 11 is 3.33. The van der Waals surface area contributed by atoms with Gasteiger partial charge in [-0.25, -0.2) is 0 Å². The van der Waals surface area contributed by atoms with Crippen molar-refractivity contribution in [2.75, 3.05) is 7.11 Å². The normalized spacial score (nSPS) is 9.94. The van der Waals surface area contributed by atoms with Gasteiger partial charge in [0.15, 0.2) is 5.78 Å². The average molecular weight is 285 g/mol. The Morgan fingerprint density at radius 3 is 2.62 bits per heavy atom. The van der Waals surface area contributed by atoms with Crippen molar-refractivity contribution in [2.24, 2.45) is 0 Å². The Bertz CT molecular complexity index is 413. The summed E-state index contributed by atoms with van der Waals surface area (Å²) in [4.78, 5) is 22.9. The zero-order chi connectivity index (χ0) is 12.1. The van der Waals surface area contributed by atoms with Crippen LogP contribution in [0.15, 0.2) is 22.7 Å². The van der Waals surface area contributed by atoms with E-state index in [4.69, 9.17) is 0 Å². The molecule has 4 heteroatoms. The topological polar surface area (TPSA) is 43.4 Å². The predicted molar refractivity (Wildman–Crippen MR) is 64.5 cm³/mol. The summed E-state index contributed by atoms with van der Waals surface area (Å²) < 4.78 is 5.32. The molecule has 0 amide bonds. The summed E-state index contributed by atoms with van der Waals surface area (Å²) in [5.74, 6) is -0.324. The number of hydrogen-bond acceptors (Lipinski definition) is 3. The standard InChI is InChI=1S/C12H13BrO3/c1-3-10(14)12-8(7-11(15)16-2)5-4-6-9(12)13/h4-6H,3,7H2,1-2H3. The lowest BCUT2D eigenvalue weighted by Gasteiger charge is -2.08. The zero-order valence-corrected chi connectivity index (χ0v) is 10.8. The molecule has 1 aromatic rings. The number of esters is 1. The van der Waals surface area contributed by atoms with Crippen LogP contribution in [0.25, 0.3) is 0 Å². The van der Waals surface area contributed by atoms with E-state index in [-0.39, 0.29) is 18.2 Å². The molecule has 0 bridgehead atoms. The maximum Gasteiger partial charge on any atom is 0.310 e. The summed E-state index contributed by atoms with van der Waals surface area (Å²) in [7, 11) is 1.33. The van der Waals surface area contributed by atoms with Crippen molar-refractivity contribution in [1.82, 2.24) is 0 Å². The smallest absolute Gasteiger partial charge is 0.310 e. The molecule has 0 heterocycles. The van der Waals surface area contributed by atoms with E-state index in [9.17, 15) is 9.59 Å². The minimum atomic E-state index is -0.344. The number of ketones is 1. The van der Waals surface area contributed by atoms with Gasteiger partial charge in [-0.2, -0.15) is 0 Å². The van der Waals surface area contributed by atoms with Gasteiger partial charge in [-0.1, -0.05) is 35.0 Å². The van der Waals surface area contributed by atoms with Gasteiger partial charge in [-0.3, -0.25) is 9.59 Å². The molecule has 0 aliphatic heterocycles. The Morgan fingerprint density at radius 1 is 1.38 bits per heavy atom. The van der Waals surface area contributed by atoms with E-state index < -0.39 is 0 Å². The molecule has 1 aromatic carbocycles. The van der Waals surface area contributed by atoms with Crippen molar-refractivity contribution in [2.45, 2.75) is 19.8 Å². The SMILES string of the molecule is CCC(=O)c1c(Br)cccc1CC(=O)OC. The number of hydrogen-bond donors (Lipinski definition) is 0. The van der Waals surface area contributed by atoms with Crippen molar-refractivity contribution in [3.8, 4) is 0 Å². The predicted octanol–water partition coefficient (Wildman–Crippen LogP) is 2.76. The molecule has 0 aliphatic rings. The molecular weight excluding hydrogens is 272 g/mol. The van der Waals surface area contributed by atoms with Gasteiger partial charge in [-0.05, 0) is 11.6 Å². The first-order valence-corrected chi connectivity index (χ1v) is 5.76. The highest BCUT2D eigenvalue weighted by Gasteiger charge is 2.15. The molecule has 0 aliphatic carbocycles. The Kier molecular flexibility index (Phi) is 4.68. The Hall–Kier alpha value is -1.16. The number of Topliss-reactive ketones (excluding diaryl/α,β-unsaturated/α-hetero) is 1. The first-order valence-electron chi connectivity index (χ1n) is 4.97. The van der Waals surface area contributed by atoms with Crippen molar-refractivity contribution in [1.29, 1.82) is 0 Å². The first-order chi connectivity index (χ1) is 7.60. The van der Waals surface area contributed by atoms with Crippen LogP contribution in [-0.2, 0) is 16.0 Å². The molecule has 0 fully saturated rings. The number of rotatable bonds is 4. The molecule has 16 heavy (non-hydrogen) atoms. The molecule has 0 aromatic heterocycles. The minimum Gasteiger partial charge on any atom is -0.469 e. The first kappa shape index (κ1) is 12.9. The van der Waals surface area contributed by atoms with Crippen LogP contribution in [0.4, 0.5) is 0 Å². The lowest BCUT2D eigenvalue weighted by atomic mass is 10.00. The highest BCUT2D eigenvalue weighted by Crippen LogP contribution is 2.23. The van der Waals surface area contributed by atoms with Crippen molar-refractivity contribution in [3.05, 3.63) is 33.8 Å². The van der Waals surface area contributed by atoms with E-state index in [1.165, 1.54) is 7.11 Å². The third-order valence-corrected chi connectivity index (χ3v) is 2.92. The van der Waals surface area contributed by atoms with E-state index in [1.807, 2.05) is 0 Å².